The summed E-state index contributed by atoms with van der Waals surface area (Å²) in [6.45, 7) is 5.65. The summed E-state index contributed by atoms with van der Waals surface area (Å²) in [6, 6.07) is 9.34. The molecule has 0 atom stereocenters. The van der Waals surface area contributed by atoms with Crippen LogP contribution in [0.15, 0.2) is 40.9 Å². The fourth-order valence-corrected chi connectivity index (χ4v) is 3.42. The van der Waals surface area contributed by atoms with E-state index in [1.54, 1.807) is 11.6 Å². The molecule has 4 rings (SSSR count). The molecule has 0 aliphatic heterocycles. The van der Waals surface area contributed by atoms with E-state index in [0.717, 1.165) is 27.6 Å². The molecule has 0 aliphatic rings. The van der Waals surface area contributed by atoms with Gasteiger partial charge in [-0.1, -0.05) is 32.9 Å². The first-order valence-corrected chi connectivity index (χ1v) is 8.91. The topological polar surface area (TPSA) is 29.9 Å². The molecule has 3 aromatic heterocycles. The molecule has 3 nitrogen and oxygen atoms in total. The van der Waals surface area contributed by atoms with Gasteiger partial charge in [0.15, 0.2) is 11.4 Å². The number of nitrogens with zero attached hydrogens (tertiary/aromatic N) is 2. The molecule has 0 saturated carbocycles. The second-order valence-corrected chi connectivity index (χ2v) is 8.07. The smallest absolute Gasteiger partial charge is 0.227 e. The van der Waals surface area contributed by atoms with E-state index < -0.39 is 12.7 Å². The Hall–Kier alpha value is -2.75. The molecule has 0 radical (unpaired) electrons. The normalized spacial score (nSPS) is 14.4. The van der Waals surface area contributed by atoms with Crippen LogP contribution in [0.2, 0.25) is 0 Å². The van der Waals surface area contributed by atoms with E-state index in [-0.39, 0.29) is 11.0 Å². The van der Waals surface area contributed by atoms with Crippen LogP contribution in [0.1, 0.15) is 41.7 Å². The average Bonchev–Trinajstić information content (AvgIpc) is 2.98. The lowest BCUT2D eigenvalue weighted by Gasteiger charge is -2.16. The number of rotatable bonds is 1. The van der Waals surface area contributed by atoms with Crippen LogP contribution in [0.3, 0.4) is 0 Å². The van der Waals surface area contributed by atoms with Crippen LogP contribution in [0, 0.1) is 19.6 Å². The first-order chi connectivity index (χ1) is 13.9. The number of hydrogen-bond donors (Lipinski definition) is 0. The highest BCUT2D eigenvalue weighted by atomic mass is 19.1. The largest absolute Gasteiger partial charge is 0.437 e. The van der Waals surface area contributed by atoms with Crippen molar-refractivity contribution < 1.29 is 17.5 Å². The summed E-state index contributed by atoms with van der Waals surface area (Å²) in [5.41, 5.74) is 3.84. The lowest BCUT2D eigenvalue weighted by Crippen LogP contribution is -2.31. The fraction of sp³-hybridized carbons (Fsp3) is 0.304. The summed E-state index contributed by atoms with van der Waals surface area (Å²) in [6.07, 6.45) is 1.20. The van der Waals surface area contributed by atoms with Crippen molar-refractivity contribution in [3.8, 4) is 11.3 Å². The van der Waals surface area contributed by atoms with Crippen molar-refractivity contribution >= 4 is 22.1 Å². The molecule has 0 saturated heterocycles. The van der Waals surface area contributed by atoms with Gasteiger partial charge in [-0.2, -0.15) is 4.57 Å². The number of pyridine rings is 2. The lowest BCUT2D eigenvalue weighted by atomic mass is 9.91. The number of benzene rings is 1. The van der Waals surface area contributed by atoms with Crippen LogP contribution in [-0.4, -0.2) is 4.98 Å². The van der Waals surface area contributed by atoms with Crippen LogP contribution < -0.4 is 4.57 Å². The van der Waals surface area contributed by atoms with Gasteiger partial charge in [-0.25, -0.2) is 9.37 Å². The Kier molecular flexibility index (Phi) is 3.12. The van der Waals surface area contributed by atoms with Gasteiger partial charge in [0.2, 0.25) is 17.6 Å². The Bertz CT molecular complexity index is 1300. The molecule has 0 spiro atoms. The van der Waals surface area contributed by atoms with Crippen LogP contribution in [-0.2, 0) is 12.5 Å². The minimum absolute atomic E-state index is 0.121. The maximum Gasteiger partial charge on any atom is 0.227 e. The van der Waals surface area contributed by atoms with Crippen molar-refractivity contribution in [3.63, 3.8) is 0 Å². The number of furan rings is 1. The van der Waals surface area contributed by atoms with Gasteiger partial charge in [-0.05, 0) is 37.0 Å². The van der Waals surface area contributed by atoms with E-state index in [2.05, 4.69) is 20.8 Å². The summed E-state index contributed by atoms with van der Waals surface area (Å²) in [4.78, 5) is 4.72. The Morgan fingerprint density at radius 1 is 1.11 bits per heavy atom. The molecular weight excluding hydrogens is 339 g/mol. The van der Waals surface area contributed by atoms with Crippen molar-refractivity contribution in [2.24, 2.45) is 7.05 Å². The number of aromatic nitrogens is 2. The molecule has 4 heteroatoms. The highest BCUT2D eigenvalue weighted by molar-refractivity contribution is 6.08. The third-order valence-electron chi connectivity index (χ3n) is 4.97. The van der Waals surface area contributed by atoms with Gasteiger partial charge >= 0.3 is 0 Å². The predicted octanol–water partition coefficient (Wildman–Crippen LogP) is 5.53. The van der Waals surface area contributed by atoms with Crippen molar-refractivity contribution in [2.75, 3.05) is 0 Å². The quantitative estimate of drug-likeness (QED) is 0.415. The molecule has 0 aliphatic carbocycles. The standard InChI is InChI=1S/C23H24FN2O/c1-13-7-8-15-16-9-10-19(23(3,4)5)25-22(16)27-21(15)20(13)18-11-14(2)17(24)12-26(18)6/h7-12H,1-6H3/q+1/i2D3. The maximum atomic E-state index is 14.4. The van der Waals surface area contributed by atoms with E-state index >= 15 is 0 Å². The van der Waals surface area contributed by atoms with E-state index in [1.807, 2.05) is 31.2 Å². The molecule has 0 bridgehead atoms. The van der Waals surface area contributed by atoms with Gasteiger partial charge in [-0.3, -0.25) is 0 Å². The monoisotopic (exact) mass is 366 g/mol. The third kappa shape index (κ3) is 2.80. The zero-order valence-corrected chi connectivity index (χ0v) is 16.1. The summed E-state index contributed by atoms with van der Waals surface area (Å²) >= 11 is 0. The Morgan fingerprint density at radius 3 is 2.56 bits per heavy atom. The fourth-order valence-electron chi connectivity index (χ4n) is 3.42. The maximum absolute atomic E-state index is 14.4. The zero-order valence-electron chi connectivity index (χ0n) is 19.1. The molecule has 138 valence electrons. The average molecular weight is 366 g/mol. The zero-order chi connectivity index (χ0) is 22.0. The Balaban J connectivity index is 2.06. The SMILES string of the molecule is [2H]C([2H])([2H])c1cc(-c2c(C)ccc3c2oc2nc(C(C)(C)C)ccc23)[n+](C)cc1F. The Morgan fingerprint density at radius 2 is 1.85 bits per heavy atom. The van der Waals surface area contributed by atoms with Crippen molar-refractivity contribution in [3.05, 3.63) is 59.2 Å². The summed E-state index contributed by atoms with van der Waals surface area (Å²) in [5.74, 6) is -0.757. The van der Waals surface area contributed by atoms with E-state index in [9.17, 15) is 4.39 Å². The second kappa shape index (κ2) is 5.88. The molecule has 4 aromatic rings. The van der Waals surface area contributed by atoms with Crippen molar-refractivity contribution in [1.82, 2.24) is 4.98 Å². The van der Waals surface area contributed by atoms with E-state index in [0.29, 0.717) is 17.0 Å². The van der Waals surface area contributed by atoms with Gasteiger partial charge in [0.25, 0.3) is 0 Å². The summed E-state index contributed by atoms with van der Waals surface area (Å²) in [7, 11) is 1.69. The molecule has 3 heterocycles. The van der Waals surface area contributed by atoms with Gasteiger partial charge in [0.05, 0.1) is 5.56 Å². The minimum atomic E-state index is -2.55. The summed E-state index contributed by atoms with van der Waals surface area (Å²) < 4.78 is 45.2. The molecule has 0 unspecified atom stereocenters. The van der Waals surface area contributed by atoms with Crippen molar-refractivity contribution in [2.45, 2.75) is 40.0 Å². The van der Waals surface area contributed by atoms with Crippen LogP contribution in [0.4, 0.5) is 4.39 Å². The highest BCUT2D eigenvalue weighted by Gasteiger charge is 2.23. The first-order valence-electron chi connectivity index (χ1n) is 10.4. The second-order valence-electron chi connectivity index (χ2n) is 8.07. The number of aryl methyl sites for hydroxylation is 3. The number of halogens is 1. The first kappa shape index (κ1) is 14.3. The molecular formula is C23H24FN2O+. The Labute approximate surface area is 162 Å². The van der Waals surface area contributed by atoms with E-state index in [1.165, 1.54) is 12.3 Å². The number of hydrogen-bond acceptors (Lipinski definition) is 2. The molecule has 27 heavy (non-hydrogen) atoms. The highest BCUT2D eigenvalue weighted by Crippen LogP contribution is 2.37. The summed E-state index contributed by atoms with van der Waals surface area (Å²) in [5, 5.41) is 1.78. The lowest BCUT2D eigenvalue weighted by molar-refractivity contribution is -0.662. The van der Waals surface area contributed by atoms with Crippen molar-refractivity contribution in [1.29, 1.82) is 0 Å². The van der Waals surface area contributed by atoms with Crippen LogP contribution in [0.5, 0.6) is 0 Å². The predicted molar refractivity (Wildman–Crippen MR) is 106 cm³/mol. The molecule has 0 fully saturated rings. The van der Waals surface area contributed by atoms with Gasteiger partial charge < -0.3 is 4.42 Å². The van der Waals surface area contributed by atoms with Crippen LogP contribution >= 0.6 is 0 Å². The minimum Gasteiger partial charge on any atom is -0.437 e. The molecule has 1 aromatic carbocycles. The van der Waals surface area contributed by atoms with E-state index in [4.69, 9.17) is 13.5 Å². The van der Waals surface area contributed by atoms with Gasteiger partial charge in [0.1, 0.15) is 7.05 Å². The molecule has 0 N–H and O–H groups in total. The van der Waals surface area contributed by atoms with Gasteiger partial charge in [-0.15, -0.1) is 0 Å². The number of fused-ring (bicyclic) bond motifs is 3. The van der Waals surface area contributed by atoms with Crippen LogP contribution in [0.25, 0.3) is 33.3 Å². The van der Waals surface area contributed by atoms with Gasteiger partial charge in [0, 0.05) is 32.1 Å². The molecule has 0 amide bonds. The third-order valence-corrected chi connectivity index (χ3v) is 4.97.